The molecule has 1 heterocycles. The second kappa shape index (κ2) is 5.40. The molecule has 100 valence electrons. The van der Waals surface area contributed by atoms with Crippen LogP contribution in [0.2, 0.25) is 0 Å². The second-order valence-corrected chi connectivity index (χ2v) is 5.91. The van der Waals surface area contributed by atoms with E-state index in [1.165, 1.54) is 11.3 Å². The number of aromatic nitrogens is 1. The molecule has 5 heteroatoms. The van der Waals surface area contributed by atoms with Crippen molar-refractivity contribution in [3.05, 3.63) is 29.1 Å². The van der Waals surface area contributed by atoms with Crippen LogP contribution in [0, 0.1) is 12.8 Å². The van der Waals surface area contributed by atoms with Crippen LogP contribution in [-0.4, -0.2) is 10.9 Å². The maximum atomic E-state index is 11.6. The highest BCUT2D eigenvalue weighted by Gasteiger charge is 2.09. The maximum absolute atomic E-state index is 11.6. The molecule has 1 amide bonds. The van der Waals surface area contributed by atoms with Gasteiger partial charge in [-0.05, 0) is 19.1 Å². The molecule has 0 aliphatic carbocycles. The number of nitrogens with one attached hydrogen (secondary N) is 1. The van der Waals surface area contributed by atoms with E-state index in [4.69, 9.17) is 5.73 Å². The van der Waals surface area contributed by atoms with Crippen molar-refractivity contribution in [3.8, 4) is 11.3 Å². The summed E-state index contributed by atoms with van der Waals surface area (Å²) in [6.45, 7) is 5.73. The molecule has 0 radical (unpaired) electrons. The van der Waals surface area contributed by atoms with Gasteiger partial charge in [-0.2, -0.15) is 0 Å². The monoisotopic (exact) mass is 275 g/mol. The Labute approximate surface area is 116 Å². The Bertz CT molecular complexity index is 587. The molecule has 0 atom stereocenters. The van der Waals surface area contributed by atoms with E-state index in [1.54, 1.807) is 0 Å². The minimum absolute atomic E-state index is 0.0156. The first-order valence-electron chi connectivity index (χ1n) is 6.11. The predicted octanol–water partition coefficient (Wildman–Crippen LogP) is 3.30. The number of nitrogens with zero attached hydrogens (tertiary/aromatic N) is 1. The normalized spacial score (nSPS) is 10.7. The van der Waals surface area contributed by atoms with Gasteiger partial charge in [0.2, 0.25) is 5.91 Å². The van der Waals surface area contributed by atoms with Crippen molar-refractivity contribution in [1.29, 1.82) is 0 Å². The van der Waals surface area contributed by atoms with Crippen LogP contribution in [0.15, 0.2) is 24.3 Å². The summed E-state index contributed by atoms with van der Waals surface area (Å²) in [6.07, 6.45) is 0. The molecular formula is C14H17N3OS. The lowest BCUT2D eigenvalue weighted by atomic mass is 10.1. The molecule has 0 bridgehead atoms. The van der Waals surface area contributed by atoms with Gasteiger partial charge in [0.05, 0.1) is 5.69 Å². The van der Waals surface area contributed by atoms with Gasteiger partial charge in [-0.3, -0.25) is 4.79 Å². The number of hydrogen-bond acceptors (Lipinski definition) is 4. The number of nitrogen functional groups attached to an aromatic ring is 1. The molecule has 2 aromatic rings. The third-order valence-electron chi connectivity index (χ3n) is 2.76. The summed E-state index contributed by atoms with van der Waals surface area (Å²) in [4.78, 5) is 17.0. The molecule has 0 aliphatic rings. The molecule has 19 heavy (non-hydrogen) atoms. The Balaban J connectivity index is 2.19. The number of nitrogens with two attached hydrogens (primary N) is 1. The van der Waals surface area contributed by atoms with Gasteiger partial charge in [-0.15, -0.1) is 11.3 Å². The number of carbonyl (C=O) groups excluding carboxylic acids is 1. The standard InChI is InChI=1S/C14H17N3OS/c1-8(2)13(18)16-11-6-4-10(5-7-11)12-9(3)19-14(15)17-12/h4-8H,1-3H3,(H2,15,17)(H,16,18). The quantitative estimate of drug-likeness (QED) is 0.903. The summed E-state index contributed by atoms with van der Waals surface area (Å²) in [5.41, 5.74) is 8.41. The molecule has 0 spiro atoms. The number of thiazole rings is 1. The first kappa shape index (κ1) is 13.5. The van der Waals surface area contributed by atoms with Crippen molar-refractivity contribution in [1.82, 2.24) is 4.98 Å². The molecule has 4 nitrogen and oxygen atoms in total. The highest BCUT2D eigenvalue weighted by molar-refractivity contribution is 7.15. The van der Waals surface area contributed by atoms with E-state index in [-0.39, 0.29) is 11.8 Å². The summed E-state index contributed by atoms with van der Waals surface area (Å²) in [5.74, 6) is -0.0120. The van der Waals surface area contributed by atoms with Crippen LogP contribution < -0.4 is 11.1 Å². The topological polar surface area (TPSA) is 68.0 Å². The second-order valence-electron chi connectivity index (χ2n) is 4.68. The van der Waals surface area contributed by atoms with Crippen molar-refractivity contribution in [2.24, 2.45) is 5.92 Å². The van der Waals surface area contributed by atoms with Gasteiger partial charge < -0.3 is 11.1 Å². The van der Waals surface area contributed by atoms with Gasteiger partial charge >= 0.3 is 0 Å². The summed E-state index contributed by atoms with van der Waals surface area (Å²) in [6, 6.07) is 7.64. The van der Waals surface area contributed by atoms with E-state index < -0.39 is 0 Å². The van der Waals surface area contributed by atoms with Crippen LogP contribution in [0.1, 0.15) is 18.7 Å². The van der Waals surface area contributed by atoms with Crippen molar-refractivity contribution < 1.29 is 4.79 Å². The van der Waals surface area contributed by atoms with Gasteiger partial charge in [0.15, 0.2) is 5.13 Å². The Kier molecular flexibility index (Phi) is 3.85. The van der Waals surface area contributed by atoms with E-state index >= 15 is 0 Å². The lowest BCUT2D eigenvalue weighted by molar-refractivity contribution is -0.118. The first-order chi connectivity index (χ1) is 8.97. The van der Waals surface area contributed by atoms with Crippen LogP contribution in [-0.2, 0) is 4.79 Å². The number of hydrogen-bond donors (Lipinski definition) is 2. The zero-order valence-electron chi connectivity index (χ0n) is 11.2. The summed E-state index contributed by atoms with van der Waals surface area (Å²) in [7, 11) is 0. The number of amides is 1. The zero-order valence-corrected chi connectivity index (χ0v) is 12.0. The minimum atomic E-state index is -0.0275. The Morgan fingerprint density at radius 1 is 1.32 bits per heavy atom. The lowest BCUT2D eigenvalue weighted by Crippen LogP contribution is -2.17. The third kappa shape index (κ3) is 3.12. The lowest BCUT2D eigenvalue weighted by Gasteiger charge is -2.08. The van der Waals surface area contributed by atoms with Crippen LogP contribution in [0.4, 0.5) is 10.8 Å². The van der Waals surface area contributed by atoms with E-state index in [0.717, 1.165) is 21.8 Å². The number of aryl methyl sites for hydroxylation is 1. The maximum Gasteiger partial charge on any atom is 0.226 e. The van der Waals surface area contributed by atoms with E-state index in [9.17, 15) is 4.79 Å². The highest BCUT2D eigenvalue weighted by Crippen LogP contribution is 2.29. The van der Waals surface area contributed by atoms with Crippen LogP contribution in [0.25, 0.3) is 11.3 Å². The third-order valence-corrected chi connectivity index (χ3v) is 3.56. The van der Waals surface area contributed by atoms with Crippen molar-refractivity contribution in [2.75, 3.05) is 11.1 Å². The average molecular weight is 275 g/mol. The molecule has 0 saturated carbocycles. The highest BCUT2D eigenvalue weighted by atomic mass is 32.1. The molecule has 1 aromatic heterocycles. The fraction of sp³-hybridized carbons (Fsp3) is 0.286. The van der Waals surface area contributed by atoms with Gasteiger partial charge in [-0.25, -0.2) is 4.98 Å². The van der Waals surface area contributed by atoms with Crippen LogP contribution in [0.5, 0.6) is 0 Å². The van der Waals surface area contributed by atoms with Crippen LogP contribution in [0.3, 0.4) is 0 Å². The fourth-order valence-electron chi connectivity index (χ4n) is 1.68. The Morgan fingerprint density at radius 2 is 1.95 bits per heavy atom. The van der Waals surface area contributed by atoms with Gasteiger partial charge in [-0.1, -0.05) is 26.0 Å². The van der Waals surface area contributed by atoms with E-state index in [1.807, 2.05) is 45.0 Å². The molecule has 0 saturated heterocycles. The number of rotatable bonds is 3. The van der Waals surface area contributed by atoms with E-state index in [2.05, 4.69) is 10.3 Å². The fourth-order valence-corrected chi connectivity index (χ4v) is 2.39. The number of benzene rings is 1. The number of carbonyl (C=O) groups is 1. The molecule has 2 rings (SSSR count). The number of anilines is 2. The van der Waals surface area contributed by atoms with E-state index in [0.29, 0.717) is 5.13 Å². The predicted molar refractivity (Wildman–Crippen MR) is 80.2 cm³/mol. The molecule has 0 fully saturated rings. The first-order valence-corrected chi connectivity index (χ1v) is 6.93. The van der Waals surface area contributed by atoms with Crippen molar-refractivity contribution in [2.45, 2.75) is 20.8 Å². The largest absolute Gasteiger partial charge is 0.375 e. The zero-order chi connectivity index (χ0) is 14.0. The SMILES string of the molecule is Cc1sc(N)nc1-c1ccc(NC(=O)C(C)C)cc1. The molecule has 1 aromatic carbocycles. The summed E-state index contributed by atoms with van der Waals surface area (Å²) < 4.78 is 0. The Morgan fingerprint density at radius 3 is 2.42 bits per heavy atom. The van der Waals surface area contributed by atoms with Crippen molar-refractivity contribution >= 4 is 28.1 Å². The molecular weight excluding hydrogens is 258 g/mol. The van der Waals surface area contributed by atoms with Crippen molar-refractivity contribution in [3.63, 3.8) is 0 Å². The molecule has 3 N–H and O–H groups in total. The molecule has 0 unspecified atom stereocenters. The molecule has 0 aliphatic heterocycles. The minimum Gasteiger partial charge on any atom is -0.375 e. The summed E-state index contributed by atoms with van der Waals surface area (Å²) in [5, 5.41) is 3.43. The van der Waals surface area contributed by atoms with Gasteiger partial charge in [0, 0.05) is 22.0 Å². The van der Waals surface area contributed by atoms with Gasteiger partial charge in [0.1, 0.15) is 0 Å². The van der Waals surface area contributed by atoms with Gasteiger partial charge in [0.25, 0.3) is 0 Å². The average Bonchev–Trinajstić information content (AvgIpc) is 2.69. The smallest absolute Gasteiger partial charge is 0.226 e. The van der Waals surface area contributed by atoms with Crippen LogP contribution >= 0.6 is 11.3 Å². The Hall–Kier alpha value is -1.88. The summed E-state index contributed by atoms with van der Waals surface area (Å²) >= 11 is 1.48.